The van der Waals surface area contributed by atoms with E-state index in [0.29, 0.717) is 30.5 Å². The van der Waals surface area contributed by atoms with Crippen molar-refractivity contribution >= 4 is 12.0 Å². The summed E-state index contributed by atoms with van der Waals surface area (Å²) in [6.45, 7) is 2.65. The molecule has 0 spiro atoms. The number of piperazine rings is 1. The van der Waals surface area contributed by atoms with Gasteiger partial charge in [-0.25, -0.2) is 4.98 Å². The first-order chi connectivity index (χ1) is 15.8. The van der Waals surface area contributed by atoms with Gasteiger partial charge in [0.15, 0.2) is 0 Å². The molecule has 0 bridgehead atoms. The monoisotopic (exact) mass is 458 g/mol. The fourth-order valence-electron chi connectivity index (χ4n) is 4.52. The van der Waals surface area contributed by atoms with E-state index in [4.69, 9.17) is 4.74 Å². The van der Waals surface area contributed by atoms with Crippen LogP contribution >= 0.6 is 0 Å². The third-order valence-electron chi connectivity index (χ3n) is 6.45. The van der Waals surface area contributed by atoms with E-state index in [1.165, 1.54) is 31.1 Å². The number of halogens is 3. The smallest absolute Gasteiger partial charge is 0.416 e. The topological polar surface area (TPSA) is 58.6 Å². The number of amides is 1. The molecule has 0 unspecified atom stereocenters. The highest BCUT2D eigenvalue weighted by Gasteiger charge is 2.38. The van der Waals surface area contributed by atoms with Crippen molar-refractivity contribution in [1.29, 1.82) is 0 Å². The minimum absolute atomic E-state index is 0.00761. The lowest BCUT2D eigenvalue weighted by Crippen LogP contribution is -2.51. The summed E-state index contributed by atoms with van der Waals surface area (Å²) >= 11 is 0. The fourth-order valence-corrected chi connectivity index (χ4v) is 4.52. The van der Waals surface area contributed by atoms with E-state index in [2.05, 4.69) is 14.9 Å². The molecule has 3 fully saturated rings. The Morgan fingerprint density at radius 1 is 1.12 bits per heavy atom. The lowest BCUT2D eigenvalue weighted by molar-refractivity contribution is -0.137. The lowest BCUT2D eigenvalue weighted by Gasteiger charge is -2.36. The molecule has 2 aliphatic heterocycles. The molecular formula is C24H25F3N4O2. The SMILES string of the molecule is O=C(/C=C/c1cccc(C(F)(F)F)c1)N1CCN2C[C@H](Oc3cnc(C4CC4)cn3)C[C@H]2C1. The summed E-state index contributed by atoms with van der Waals surface area (Å²) in [6, 6.07) is 5.14. The van der Waals surface area contributed by atoms with Crippen LogP contribution in [0.4, 0.5) is 13.2 Å². The van der Waals surface area contributed by atoms with Crippen molar-refractivity contribution in [2.75, 3.05) is 26.2 Å². The van der Waals surface area contributed by atoms with Crippen molar-refractivity contribution in [3.05, 3.63) is 59.6 Å². The molecule has 5 rings (SSSR count). The molecule has 174 valence electrons. The summed E-state index contributed by atoms with van der Waals surface area (Å²) in [6.07, 6.45) is 5.01. The van der Waals surface area contributed by atoms with Crippen molar-refractivity contribution in [3.8, 4) is 5.88 Å². The maximum Gasteiger partial charge on any atom is 0.416 e. The molecular weight excluding hydrogens is 433 g/mol. The largest absolute Gasteiger partial charge is 0.472 e. The van der Waals surface area contributed by atoms with Crippen LogP contribution in [0.2, 0.25) is 0 Å². The Balaban J connectivity index is 1.15. The predicted octanol–water partition coefficient (Wildman–Crippen LogP) is 3.75. The van der Waals surface area contributed by atoms with Crippen LogP contribution in [-0.4, -0.2) is 64.0 Å². The highest BCUT2D eigenvalue weighted by molar-refractivity contribution is 5.91. The number of carbonyl (C=O) groups excluding carboxylic acids is 1. The van der Waals surface area contributed by atoms with Gasteiger partial charge in [-0.05, 0) is 36.6 Å². The number of ether oxygens (including phenoxy) is 1. The van der Waals surface area contributed by atoms with Crippen LogP contribution in [0, 0.1) is 0 Å². The summed E-state index contributed by atoms with van der Waals surface area (Å²) < 4.78 is 44.7. The number of rotatable bonds is 5. The maximum atomic E-state index is 12.9. The van der Waals surface area contributed by atoms with Crippen LogP contribution in [0.15, 0.2) is 42.7 Å². The zero-order valence-electron chi connectivity index (χ0n) is 18.0. The molecule has 2 aromatic rings. The Hall–Kier alpha value is -2.94. The van der Waals surface area contributed by atoms with E-state index in [9.17, 15) is 18.0 Å². The van der Waals surface area contributed by atoms with Crippen LogP contribution in [0.1, 0.15) is 42.0 Å². The molecule has 3 heterocycles. The number of alkyl halides is 3. The first-order valence-corrected chi connectivity index (χ1v) is 11.2. The number of hydrogen-bond acceptors (Lipinski definition) is 5. The number of carbonyl (C=O) groups is 1. The van der Waals surface area contributed by atoms with Crippen LogP contribution in [0.3, 0.4) is 0 Å². The van der Waals surface area contributed by atoms with E-state index in [-0.39, 0.29) is 18.1 Å². The van der Waals surface area contributed by atoms with Gasteiger partial charge in [0.2, 0.25) is 11.8 Å². The Morgan fingerprint density at radius 3 is 2.70 bits per heavy atom. The Labute approximate surface area is 190 Å². The second kappa shape index (κ2) is 8.78. The Morgan fingerprint density at radius 2 is 1.97 bits per heavy atom. The number of benzene rings is 1. The zero-order valence-corrected chi connectivity index (χ0v) is 18.0. The quantitative estimate of drug-likeness (QED) is 0.639. The van der Waals surface area contributed by atoms with Crippen molar-refractivity contribution in [3.63, 3.8) is 0 Å². The molecule has 3 aliphatic rings. The van der Waals surface area contributed by atoms with Crippen molar-refractivity contribution in [1.82, 2.24) is 19.8 Å². The minimum Gasteiger partial charge on any atom is -0.472 e. The fraction of sp³-hybridized carbons (Fsp3) is 0.458. The van der Waals surface area contributed by atoms with Crippen LogP contribution in [0.5, 0.6) is 5.88 Å². The zero-order chi connectivity index (χ0) is 23.0. The molecule has 0 N–H and O–H groups in total. The Bertz CT molecular complexity index is 1040. The number of nitrogens with zero attached hydrogens (tertiary/aromatic N) is 4. The third-order valence-corrected chi connectivity index (χ3v) is 6.45. The summed E-state index contributed by atoms with van der Waals surface area (Å²) in [5.41, 5.74) is 0.646. The van der Waals surface area contributed by atoms with Gasteiger partial charge in [0.25, 0.3) is 0 Å². The van der Waals surface area contributed by atoms with Crippen LogP contribution in [0.25, 0.3) is 6.08 Å². The van der Waals surface area contributed by atoms with Gasteiger partial charge in [-0.1, -0.05) is 12.1 Å². The number of aromatic nitrogens is 2. The Kier molecular flexibility index (Phi) is 5.82. The summed E-state index contributed by atoms with van der Waals surface area (Å²) in [5.74, 6) is 0.886. The number of fused-ring (bicyclic) bond motifs is 1. The molecule has 9 heteroatoms. The van der Waals surface area contributed by atoms with E-state index in [1.54, 1.807) is 23.4 Å². The summed E-state index contributed by atoms with van der Waals surface area (Å²) in [4.78, 5) is 25.6. The normalized spacial score (nSPS) is 23.7. The molecule has 2 saturated heterocycles. The van der Waals surface area contributed by atoms with E-state index < -0.39 is 11.7 Å². The second-order valence-corrected chi connectivity index (χ2v) is 8.92. The second-order valence-electron chi connectivity index (χ2n) is 8.92. The highest BCUT2D eigenvalue weighted by atomic mass is 19.4. The molecule has 0 radical (unpaired) electrons. The van der Waals surface area contributed by atoms with Gasteiger partial charge in [-0.2, -0.15) is 13.2 Å². The van der Waals surface area contributed by atoms with E-state index in [1.807, 2.05) is 0 Å². The van der Waals surface area contributed by atoms with Gasteiger partial charge in [0.1, 0.15) is 6.10 Å². The van der Waals surface area contributed by atoms with Crippen molar-refractivity contribution in [2.45, 2.75) is 43.5 Å². The highest BCUT2D eigenvalue weighted by Crippen LogP contribution is 2.38. The molecule has 1 aliphatic carbocycles. The first-order valence-electron chi connectivity index (χ1n) is 11.2. The molecule has 6 nitrogen and oxygen atoms in total. The molecule has 2 atom stereocenters. The van der Waals surface area contributed by atoms with Crippen molar-refractivity contribution in [2.24, 2.45) is 0 Å². The van der Waals surface area contributed by atoms with Gasteiger partial charge < -0.3 is 9.64 Å². The molecule has 1 aromatic heterocycles. The van der Waals surface area contributed by atoms with Gasteiger partial charge >= 0.3 is 6.18 Å². The molecule has 1 aromatic carbocycles. The van der Waals surface area contributed by atoms with Crippen LogP contribution in [-0.2, 0) is 11.0 Å². The van der Waals surface area contributed by atoms with E-state index in [0.717, 1.165) is 37.3 Å². The average molecular weight is 458 g/mol. The predicted molar refractivity (Wildman–Crippen MR) is 115 cm³/mol. The van der Waals surface area contributed by atoms with Gasteiger partial charge in [-0.15, -0.1) is 0 Å². The molecule has 1 amide bonds. The van der Waals surface area contributed by atoms with Gasteiger partial charge in [0.05, 0.1) is 23.7 Å². The maximum absolute atomic E-state index is 12.9. The first kappa shape index (κ1) is 21.9. The summed E-state index contributed by atoms with van der Waals surface area (Å²) in [5, 5.41) is 0. The van der Waals surface area contributed by atoms with Crippen molar-refractivity contribution < 1.29 is 22.7 Å². The van der Waals surface area contributed by atoms with Gasteiger partial charge in [0, 0.05) is 50.6 Å². The van der Waals surface area contributed by atoms with Gasteiger partial charge in [-0.3, -0.25) is 14.7 Å². The average Bonchev–Trinajstić information content (AvgIpc) is 3.57. The summed E-state index contributed by atoms with van der Waals surface area (Å²) in [7, 11) is 0. The standard InChI is InChI=1S/C24H25F3N4O2/c25-24(26,27)18-3-1-2-16(10-18)4-7-23(32)31-9-8-30-15-20(11-19(30)14-31)33-22-13-28-21(12-29-22)17-5-6-17/h1-4,7,10,12-13,17,19-20H,5-6,8-9,11,14-15H2/b7-4+/t19-,20+/m0/s1. The lowest BCUT2D eigenvalue weighted by atomic mass is 10.1. The molecule has 1 saturated carbocycles. The molecule has 33 heavy (non-hydrogen) atoms. The van der Waals surface area contributed by atoms with Crippen LogP contribution < -0.4 is 4.74 Å². The van der Waals surface area contributed by atoms with E-state index >= 15 is 0 Å². The minimum atomic E-state index is -4.41. The third kappa shape index (κ3) is 5.19. The number of hydrogen-bond donors (Lipinski definition) is 0.